The number of carbonyl (C=O) groups excluding carboxylic acids is 1. The van der Waals surface area contributed by atoms with Gasteiger partial charge < -0.3 is 14.5 Å². The third kappa shape index (κ3) is 7.28. The van der Waals surface area contributed by atoms with Crippen LogP contribution in [0.15, 0.2) is 65.8 Å². The predicted octanol–water partition coefficient (Wildman–Crippen LogP) is 6.81. The van der Waals surface area contributed by atoms with Crippen molar-refractivity contribution in [3.8, 4) is 17.1 Å². The molecule has 2 aliphatic rings. The number of benzene rings is 2. The third-order valence-electron chi connectivity index (χ3n) is 9.05. The van der Waals surface area contributed by atoms with Crippen molar-refractivity contribution in [1.82, 2.24) is 24.8 Å². The molecule has 2 aromatic heterocycles. The molecule has 11 nitrogen and oxygen atoms in total. The molecule has 1 unspecified atom stereocenters. The number of nitrogens with zero attached hydrogens (tertiary/aromatic N) is 6. The minimum atomic E-state index is -3.67. The summed E-state index contributed by atoms with van der Waals surface area (Å²) in [5.74, 6) is 0.751. The summed E-state index contributed by atoms with van der Waals surface area (Å²) in [7, 11) is -1.63. The Morgan fingerprint density at radius 2 is 1.77 bits per heavy atom. The van der Waals surface area contributed by atoms with E-state index in [4.69, 9.17) is 19.5 Å². The van der Waals surface area contributed by atoms with Gasteiger partial charge in [0.25, 0.3) is 5.91 Å². The molecule has 48 heavy (non-hydrogen) atoms. The lowest BCUT2D eigenvalue weighted by Gasteiger charge is -2.36. The molecule has 12 heteroatoms. The molecule has 1 saturated carbocycles. The van der Waals surface area contributed by atoms with Crippen LogP contribution >= 0.6 is 0 Å². The molecule has 3 heterocycles. The lowest BCUT2D eigenvalue weighted by atomic mass is 9.87. The highest BCUT2D eigenvalue weighted by molar-refractivity contribution is 7.93. The molecule has 0 spiro atoms. The van der Waals surface area contributed by atoms with Gasteiger partial charge in [-0.25, -0.2) is 19.0 Å². The van der Waals surface area contributed by atoms with Gasteiger partial charge >= 0.3 is 0 Å². The van der Waals surface area contributed by atoms with E-state index in [9.17, 15) is 9.00 Å². The van der Waals surface area contributed by atoms with Crippen LogP contribution in [0.1, 0.15) is 73.6 Å². The fourth-order valence-electron chi connectivity index (χ4n) is 6.34. The Morgan fingerprint density at radius 1 is 1.04 bits per heavy atom. The zero-order chi connectivity index (χ0) is 34.2. The maximum absolute atomic E-state index is 14.5. The van der Waals surface area contributed by atoms with Crippen LogP contribution in [-0.4, -0.2) is 60.7 Å². The summed E-state index contributed by atoms with van der Waals surface area (Å²) in [6.07, 6.45) is 7.53. The predicted molar refractivity (Wildman–Crippen MR) is 187 cm³/mol. The second-order valence-corrected chi connectivity index (χ2v) is 15.9. The van der Waals surface area contributed by atoms with E-state index < -0.39 is 16.0 Å². The molecule has 0 radical (unpaired) electrons. The Kier molecular flexibility index (Phi) is 9.12. The summed E-state index contributed by atoms with van der Waals surface area (Å²) >= 11 is 0. The first-order valence-electron chi connectivity index (χ1n) is 16.4. The van der Waals surface area contributed by atoms with Crippen LogP contribution in [0.25, 0.3) is 11.3 Å². The van der Waals surface area contributed by atoms with Crippen molar-refractivity contribution in [2.24, 2.45) is 5.41 Å². The fourth-order valence-corrected chi connectivity index (χ4v) is 7.37. The highest BCUT2D eigenvalue weighted by Crippen LogP contribution is 2.32. The van der Waals surface area contributed by atoms with E-state index in [0.29, 0.717) is 29.4 Å². The number of hydrogen-bond donors (Lipinski definition) is 2. The summed E-state index contributed by atoms with van der Waals surface area (Å²) in [5, 5.41) is 0. The van der Waals surface area contributed by atoms with Crippen LogP contribution in [0.4, 0.5) is 11.8 Å². The van der Waals surface area contributed by atoms with Crippen LogP contribution < -0.4 is 14.4 Å². The Bertz CT molecular complexity index is 1920. The molecule has 4 bridgehead atoms. The quantitative estimate of drug-likeness (QED) is 0.229. The standard InChI is InChI=1S/C36H44N8O3S/c1-23-10-7-11-24(2)33(23)30-17-32-41-35(40-30)42-48(37,46)29-15-8-12-25(16-29)34(45)44(28(22-47-32)18-36(3,4)5)21-26-19-38-20-31(39-26)43(6)27-13-9-14-27/h7-8,10-12,15-17,19-20,27-28H,9,13-14,18,21-22H2,1-6H3,(H2,37,40,41,42,46)/t28-,48?/m1/s1. The lowest BCUT2D eigenvalue weighted by Crippen LogP contribution is -2.45. The Morgan fingerprint density at radius 3 is 2.46 bits per heavy atom. The molecule has 1 aliphatic heterocycles. The van der Waals surface area contributed by atoms with Crippen molar-refractivity contribution in [2.45, 2.75) is 83.8 Å². The summed E-state index contributed by atoms with van der Waals surface area (Å²) in [4.78, 5) is 37.3. The van der Waals surface area contributed by atoms with Gasteiger partial charge in [0, 0.05) is 30.3 Å². The van der Waals surface area contributed by atoms with Crippen LogP contribution in [0, 0.1) is 24.0 Å². The number of fused-ring (bicyclic) bond motifs is 4. The first-order chi connectivity index (χ1) is 22.8. The van der Waals surface area contributed by atoms with Crippen LogP contribution in [-0.2, 0) is 16.5 Å². The van der Waals surface area contributed by atoms with E-state index >= 15 is 0 Å². The molecule has 2 N–H and O–H groups in total. The molecule has 4 aromatic rings. The number of aromatic nitrogens is 4. The van der Waals surface area contributed by atoms with Gasteiger partial charge in [-0.2, -0.15) is 4.98 Å². The van der Waals surface area contributed by atoms with Crippen LogP contribution in [0.5, 0.6) is 5.88 Å². The minimum absolute atomic E-state index is 0.00743. The van der Waals surface area contributed by atoms with Gasteiger partial charge in [0.15, 0.2) is 9.92 Å². The number of amides is 1. The maximum atomic E-state index is 14.5. The van der Waals surface area contributed by atoms with E-state index in [-0.39, 0.29) is 41.2 Å². The van der Waals surface area contributed by atoms with Crippen molar-refractivity contribution in [2.75, 3.05) is 23.3 Å². The summed E-state index contributed by atoms with van der Waals surface area (Å²) in [6, 6.07) is 14.2. The second-order valence-electron chi connectivity index (χ2n) is 14.1. The van der Waals surface area contributed by atoms with Gasteiger partial charge in [0.05, 0.1) is 41.3 Å². The normalized spacial score (nSPS) is 20.0. The van der Waals surface area contributed by atoms with E-state index in [1.807, 2.05) is 39.1 Å². The van der Waals surface area contributed by atoms with Crippen LogP contribution in [0.2, 0.25) is 0 Å². The van der Waals surface area contributed by atoms with Gasteiger partial charge in [-0.1, -0.05) is 45.0 Å². The number of rotatable bonds is 6. The smallest absolute Gasteiger partial charge is 0.254 e. The number of anilines is 2. The monoisotopic (exact) mass is 668 g/mol. The van der Waals surface area contributed by atoms with Crippen molar-refractivity contribution in [1.29, 1.82) is 4.78 Å². The van der Waals surface area contributed by atoms with E-state index in [0.717, 1.165) is 35.3 Å². The Hall–Kier alpha value is -4.58. The van der Waals surface area contributed by atoms with E-state index in [1.165, 1.54) is 12.5 Å². The number of hydrogen-bond acceptors (Lipinski definition) is 9. The molecule has 2 aromatic carbocycles. The minimum Gasteiger partial charge on any atom is -0.475 e. The second kappa shape index (κ2) is 13.1. The molecule has 1 amide bonds. The molecular formula is C36H44N8O3S. The molecule has 1 aliphatic carbocycles. The van der Waals surface area contributed by atoms with Gasteiger partial charge in [-0.3, -0.25) is 14.5 Å². The first kappa shape index (κ1) is 33.3. The summed E-state index contributed by atoms with van der Waals surface area (Å²) < 4.78 is 32.0. The molecule has 6 rings (SSSR count). The van der Waals surface area contributed by atoms with Crippen LogP contribution in [0.3, 0.4) is 0 Å². The number of carbonyl (C=O) groups is 1. The lowest BCUT2D eigenvalue weighted by molar-refractivity contribution is 0.0509. The van der Waals surface area contributed by atoms with E-state index in [1.54, 1.807) is 41.6 Å². The number of nitrogens with one attached hydrogen (secondary N) is 2. The van der Waals surface area contributed by atoms with Gasteiger partial charge in [-0.15, -0.1) is 0 Å². The first-order valence-corrected chi connectivity index (χ1v) is 17.9. The van der Waals surface area contributed by atoms with Gasteiger partial charge in [0.2, 0.25) is 11.8 Å². The van der Waals surface area contributed by atoms with Gasteiger partial charge in [0.1, 0.15) is 12.4 Å². The molecule has 252 valence electrons. The SMILES string of the molecule is Cc1cccc(C)c1-c1cc2nc(n1)NS(=N)(=O)c1cccc(c1)C(=O)N(Cc1cncc(N(C)C3CCC3)n1)[C@H](CC(C)(C)C)CO2. The average Bonchev–Trinajstić information content (AvgIpc) is 3.00. The van der Waals surface area contributed by atoms with E-state index in [2.05, 4.69) is 40.4 Å². The highest BCUT2D eigenvalue weighted by Gasteiger charge is 2.32. The van der Waals surface area contributed by atoms with Crippen molar-refractivity contribution < 1.29 is 13.7 Å². The number of aryl methyl sites for hydroxylation is 2. The summed E-state index contributed by atoms with van der Waals surface area (Å²) in [6.45, 7) is 10.7. The largest absolute Gasteiger partial charge is 0.475 e. The molecule has 0 saturated heterocycles. The zero-order valence-corrected chi connectivity index (χ0v) is 29.3. The van der Waals surface area contributed by atoms with Gasteiger partial charge in [-0.05, 0) is 74.3 Å². The molecule has 2 atom stereocenters. The molecular weight excluding hydrogens is 625 g/mol. The van der Waals surface area contributed by atoms with Crippen molar-refractivity contribution in [3.05, 3.63) is 83.3 Å². The maximum Gasteiger partial charge on any atom is 0.254 e. The Balaban J connectivity index is 1.46. The highest BCUT2D eigenvalue weighted by atomic mass is 32.2. The average molecular weight is 669 g/mol. The Labute approximate surface area is 283 Å². The zero-order valence-electron chi connectivity index (χ0n) is 28.5. The van der Waals surface area contributed by atoms with Crippen molar-refractivity contribution in [3.63, 3.8) is 0 Å². The summed E-state index contributed by atoms with van der Waals surface area (Å²) in [5.41, 5.74) is 4.31. The fraction of sp³-hybridized carbons (Fsp3) is 0.417. The van der Waals surface area contributed by atoms with Crippen molar-refractivity contribution >= 4 is 27.6 Å². The topological polar surface area (TPSA) is 137 Å². The third-order valence-corrected chi connectivity index (χ3v) is 10.4. The number of ether oxygens (including phenoxy) is 1. The molecule has 1 fully saturated rings.